The van der Waals surface area contributed by atoms with Gasteiger partial charge in [-0.3, -0.25) is 4.79 Å². The quantitative estimate of drug-likeness (QED) is 0.870. The van der Waals surface area contributed by atoms with Crippen molar-refractivity contribution >= 4 is 5.91 Å². The van der Waals surface area contributed by atoms with Gasteiger partial charge in [0.15, 0.2) is 0 Å². The number of carbonyl (C=O) groups is 1. The summed E-state index contributed by atoms with van der Waals surface area (Å²) in [4.78, 5) is 12.4. The summed E-state index contributed by atoms with van der Waals surface area (Å²) in [5.41, 5.74) is 0.115. The maximum atomic E-state index is 12.4. The highest BCUT2D eigenvalue weighted by molar-refractivity contribution is 5.91. The molecular weight excluding hydrogens is 238 g/mol. The molecule has 0 spiro atoms. The zero-order valence-electron chi connectivity index (χ0n) is 11.2. The van der Waals surface area contributed by atoms with Gasteiger partial charge in [-0.05, 0) is 31.2 Å². The van der Waals surface area contributed by atoms with E-state index < -0.39 is 5.60 Å². The van der Waals surface area contributed by atoms with Gasteiger partial charge in [0.1, 0.15) is 0 Å². The zero-order valence-corrected chi connectivity index (χ0v) is 11.2. The average molecular weight is 259 g/mol. The molecule has 2 aliphatic carbocycles. The third-order valence-electron chi connectivity index (χ3n) is 4.62. The molecule has 0 radical (unpaired) electrons. The fraction of sp³-hybridized carbons (Fsp3) is 0.562. The van der Waals surface area contributed by atoms with Crippen molar-refractivity contribution < 1.29 is 9.90 Å². The second kappa shape index (κ2) is 4.64. The van der Waals surface area contributed by atoms with E-state index in [9.17, 15) is 9.90 Å². The Morgan fingerprint density at radius 1 is 1.11 bits per heavy atom. The Bertz CT molecular complexity index is 459. The SMILES string of the molecule is O=C(NCC1(O)CCCC1)C1(c2ccccc2)CC1. The van der Waals surface area contributed by atoms with Crippen LogP contribution in [0.1, 0.15) is 44.1 Å². The van der Waals surface area contributed by atoms with E-state index in [2.05, 4.69) is 5.32 Å². The molecular formula is C16H21NO2. The van der Waals surface area contributed by atoms with Crippen molar-refractivity contribution in [3.8, 4) is 0 Å². The van der Waals surface area contributed by atoms with Crippen LogP contribution in [0.25, 0.3) is 0 Å². The van der Waals surface area contributed by atoms with Crippen LogP contribution in [0.3, 0.4) is 0 Å². The first kappa shape index (κ1) is 12.7. The molecule has 1 aromatic rings. The summed E-state index contributed by atoms with van der Waals surface area (Å²) in [6, 6.07) is 9.98. The number of carbonyl (C=O) groups excluding carboxylic acids is 1. The largest absolute Gasteiger partial charge is 0.388 e. The van der Waals surface area contributed by atoms with E-state index in [-0.39, 0.29) is 11.3 Å². The Balaban J connectivity index is 1.65. The van der Waals surface area contributed by atoms with Gasteiger partial charge in [0.05, 0.1) is 11.0 Å². The smallest absolute Gasteiger partial charge is 0.230 e. The summed E-state index contributed by atoms with van der Waals surface area (Å²) in [6.45, 7) is 0.403. The van der Waals surface area contributed by atoms with Gasteiger partial charge >= 0.3 is 0 Å². The second-order valence-electron chi connectivity index (χ2n) is 6.06. The standard InChI is InChI=1S/C16H21NO2/c18-14(17-12-15(19)8-4-5-9-15)16(10-11-16)13-6-2-1-3-7-13/h1-3,6-7,19H,4-5,8-12H2,(H,17,18). The van der Waals surface area contributed by atoms with Crippen LogP contribution in [0.2, 0.25) is 0 Å². The van der Waals surface area contributed by atoms with E-state index in [0.717, 1.165) is 44.1 Å². The number of benzene rings is 1. The lowest BCUT2D eigenvalue weighted by Gasteiger charge is -2.24. The minimum absolute atomic E-state index is 0.0824. The van der Waals surface area contributed by atoms with Gasteiger partial charge in [-0.1, -0.05) is 43.2 Å². The maximum absolute atomic E-state index is 12.4. The van der Waals surface area contributed by atoms with Gasteiger partial charge in [0, 0.05) is 6.54 Å². The van der Waals surface area contributed by atoms with E-state index in [1.807, 2.05) is 30.3 Å². The van der Waals surface area contributed by atoms with Crippen LogP contribution in [0, 0.1) is 0 Å². The Hall–Kier alpha value is -1.35. The lowest BCUT2D eigenvalue weighted by molar-refractivity contribution is -0.124. The van der Waals surface area contributed by atoms with Crippen LogP contribution in [0.5, 0.6) is 0 Å². The van der Waals surface area contributed by atoms with Gasteiger partial charge in [-0.25, -0.2) is 0 Å². The van der Waals surface area contributed by atoms with Crippen molar-refractivity contribution in [1.29, 1.82) is 0 Å². The average Bonchev–Trinajstić information content (AvgIpc) is 3.15. The fourth-order valence-electron chi connectivity index (χ4n) is 3.15. The number of hydrogen-bond donors (Lipinski definition) is 2. The number of hydrogen-bond acceptors (Lipinski definition) is 2. The lowest BCUT2D eigenvalue weighted by Crippen LogP contribution is -2.44. The number of rotatable bonds is 4. The zero-order chi connectivity index (χ0) is 13.3. The predicted molar refractivity (Wildman–Crippen MR) is 73.8 cm³/mol. The van der Waals surface area contributed by atoms with Crippen LogP contribution < -0.4 is 5.32 Å². The van der Waals surface area contributed by atoms with Crippen molar-refractivity contribution in [3.63, 3.8) is 0 Å². The number of amides is 1. The van der Waals surface area contributed by atoms with Gasteiger partial charge in [-0.15, -0.1) is 0 Å². The van der Waals surface area contributed by atoms with Crippen molar-refractivity contribution in [2.75, 3.05) is 6.54 Å². The van der Waals surface area contributed by atoms with E-state index in [4.69, 9.17) is 0 Å². The molecule has 1 aromatic carbocycles. The molecule has 2 aliphatic rings. The molecule has 0 aliphatic heterocycles. The molecule has 102 valence electrons. The second-order valence-corrected chi connectivity index (χ2v) is 6.06. The number of aliphatic hydroxyl groups is 1. The minimum atomic E-state index is -0.664. The third-order valence-corrected chi connectivity index (χ3v) is 4.62. The van der Waals surface area contributed by atoms with E-state index in [1.165, 1.54) is 0 Å². The monoisotopic (exact) mass is 259 g/mol. The fourth-order valence-corrected chi connectivity index (χ4v) is 3.15. The van der Waals surface area contributed by atoms with E-state index >= 15 is 0 Å². The van der Waals surface area contributed by atoms with Gasteiger partial charge in [0.2, 0.25) is 5.91 Å². The molecule has 0 saturated heterocycles. The molecule has 1 amide bonds. The highest BCUT2D eigenvalue weighted by atomic mass is 16.3. The van der Waals surface area contributed by atoms with E-state index in [1.54, 1.807) is 0 Å². The molecule has 2 N–H and O–H groups in total. The Morgan fingerprint density at radius 2 is 1.74 bits per heavy atom. The van der Waals surface area contributed by atoms with Crippen molar-refractivity contribution in [2.24, 2.45) is 0 Å². The summed E-state index contributed by atoms with van der Waals surface area (Å²) in [7, 11) is 0. The highest BCUT2D eigenvalue weighted by Crippen LogP contribution is 2.48. The van der Waals surface area contributed by atoms with Gasteiger partial charge in [0.25, 0.3) is 0 Å². The first-order valence-corrected chi connectivity index (χ1v) is 7.21. The molecule has 3 heteroatoms. The highest BCUT2D eigenvalue weighted by Gasteiger charge is 2.51. The number of nitrogens with one attached hydrogen (secondary N) is 1. The predicted octanol–water partition coefficient (Wildman–Crippen LogP) is 2.14. The minimum Gasteiger partial charge on any atom is -0.388 e. The molecule has 0 bridgehead atoms. The summed E-state index contributed by atoms with van der Waals surface area (Å²) in [6.07, 6.45) is 5.59. The Labute approximate surface area is 114 Å². The van der Waals surface area contributed by atoms with Crippen molar-refractivity contribution in [1.82, 2.24) is 5.32 Å². The van der Waals surface area contributed by atoms with Crippen LogP contribution in [0.15, 0.2) is 30.3 Å². The molecule has 0 unspecified atom stereocenters. The Kier molecular flexibility index (Phi) is 3.09. The molecule has 0 aromatic heterocycles. The molecule has 3 nitrogen and oxygen atoms in total. The summed E-state index contributed by atoms with van der Waals surface area (Å²) in [5, 5.41) is 13.3. The van der Waals surface area contributed by atoms with Crippen LogP contribution in [-0.4, -0.2) is 23.2 Å². The molecule has 3 rings (SSSR count). The van der Waals surface area contributed by atoms with Gasteiger partial charge in [-0.2, -0.15) is 0 Å². The maximum Gasteiger partial charge on any atom is 0.230 e. The first-order valence-electron chi connectivity index (χ1n) is 7.21. The normalized spacial score (nSPS) is 23.0. The van der Waals surface area contributed by atoms with Gasteiger partial charge < -0.3 is 10.4 Å². The lowest BCUT2D eigenvalue weighted by atomic mass is 9.94. The summed E-state index contributed by atoms with van der Waals surface area (Å²) >= 11 is 0. The van der Waals surface area contributed by atoms with Crippen LogP contribution in [0.4, 0.5) is 0 Å². The molecule has 2 saturated carbocycles. The van der Waals surface area contributed by atoms with Crippen LogP contribution >= 0.6 is 0 Å². The summed E-state index contributed by atoms with van der Waals surface area (Å²) < 4.78 is 0. The Morgan fingerprint density at radius 3 is 2.32 bits per heavy atom. The van der Waals surface area contributed by atoms with Crippen LogP contribution in [-0.2, 0) is 10.2 Å². The topological polar surface area (TPSA) is 49.3 Å². The summed E-state index contributed by atoms with van der Waals surface area (Å²) in [5.74, 6) is 0.0824. The molecule has 0 atom stereocenters. The molecule has 19 heavy (non-hydrogen) atoms. The molecule has 0 heterocycles. The van der Waals surface area contributed by atoms with Crippen molar-refractivity contribution in [3.05, 3.63) is 35.9 Å². The third kappa shape index (κ3) is 2.39. The molecule has 2 fully saturated rings. The first-order chi connectivity index (χ1) is 9.15. The van der Waals surface area contributed by atoms with Crippen molar-refractivity contribution in [2.45, 2.75) is 49.5 Å². The van der Waals surface area contributed by atoms with E-state index in [0.29, 0.717) is 6.54 Å².